The minimum atomic E-state index is -0.527. The Labute approximate surface area is 245 Å². The smallest absolute Gasteiger partial charge is 0.411 e. The summed E-state index contributed by atoms with van der Waals surface area (Å²) < 4.78 is 16.4. The Morgan fingerprint density at radius 3 is 2.55 bits per heavy atom. The fourth-order valence-corrected chi connectivity index (χ4v) is 5.70. The highest BCUT2D eigenvalue weighted by atomic mass is 16.5. The van der Waals surface area contributed by atoms with E-state index in [-0.39, 0.29) is 13.2 Å². The van der Waals surface area contributed by atoms with E-state index in [2.05, 4.69) is 33.4 Å². The minimum absolute atomic E-state index is 0.181. The molecule has 1 fully saturated rings. The first-order valence-corrected chi connectivity index (χ1v) is 14.3. The minimum Gasteiger partial charge on any atom is -0.461 e. The molecule has 2 heterocycles. The van der Waals surface area contributed by atoms with E-state index in [9.17, 15) is 9.59 Å². The molecule has 0 radical (unpaired) electrons. The fourth-order valence-electron chi connectivity index (χ4n) is 5.70. The number of amides is 1. The lowest BCUT2D eigenvalue weighted by molar-refractivity contribution is 0.0518. The molecule has 42 heavy (non-hydrogen) atoms. The average Bonchev–Trinajstić information content (AvgIpc) is 3.41. The van der Waals surface area contributed by atoms with Gasteiger partial charge in [-0.05, 0) is 71.0 Å². The van der Waals surface area contributed by atoms with Gasteiger partial charge >= 0.3 is 12.1 Å². The maximum Gasteiger partial charge on any atom is 0.411 e. The zero-order chi connectivity index (χ0) is 29.1. The summed E-state index contributed by atoms with van der Waals surface area (Å²) in [5.41, 5.74) is 9.77. The Balaban J connectivity index is 1.37. The number of pyridine rings is 1. The van der Waals surface area contributed by atoms with Crippen LogP contribution in [-0.4, -0.2) is 50.0 Å². The van der Waals surface area contributed by atoms with Crippen LogP contribution in [0.3, 0.4) is 0 Å². The highest BCUT2D eigenvalue weighted by Gasteiger charge is 2.30. The Morgan fingerprint density at radius 1 is 0.952 bits per heavy atom. The number of ether oxygens (including phenoxy) is 3. The van der Waals surface area contributed by atoms with Crippen LogP contribution in [0.4, 0.5) is 16.2 Å². The van der Waals surface area contributed by atoms with E-state index in [1.54, 1.807) is 13.1 Å². The lowest BCUT2D eigenvalue weighted by Gasteiger charge is -2.29. The third-order valence-electron chi connectivity index (χ3n) is 7.83. The number of benzene rings is 3. The maximum atomic E-state index is 13.0. The largest absolute Gasteiger partial charge is 0.461 e. The number of aromatic nitrogens is 1. The second kappa shape index (κ2) is 12.0. The molecule has 1 aliphatic carbocycles. The van der Waals surface area contributed by atoms with Crippen molar-refractivity contribution < 1.29 is 23.8 Å². The summed E-state index contributed by atoms with van der Waals surface area (Å²) >= 11 is 0. The summed E-state index contributed by atoms with van der Waals surface area (Å²) in [4.78, 5) is 32.6. The molecule has 1 saturated heterocycles. The monoisotopic (exact) mass is 563 g/mol. The van der Waals surface area contributed by atoms with Gasteiger partial charge in [-0.15, -0.1) is 0 Å². The van der Waals surface area contributed by atoms with Crippen LogP contribution in [0.1, 0.15) is 39.7 Å². The zero-order valence-corrected chi connectivity index (χ0v) is 23.8. The van der Waals surface area contributed by atoms with Crippen molar-refractivity contribution in [3.05, 3.63) is 101 Å². The lowest BCUT2D eigenvalue weighted by atomic mass is 9.91. The quantitative estimate of drug-likeness (QED) is 0.230. The van der Waals surface area contributed by atoms with Crippen LogP contribution in [0.15, 0.2) is 72.9 Å². The molecule has 2 aliphatic rings. The van der Waals surface area contributed by atoms with Crippen LogP contribution in [0.2, 0.25) is 0 Å². The molecule has 1 amide bonds. The van der Waals surface area contributed by atoms with Crippen LogP contribution in [0, 0.1) is 6.92 Å². The lowest BCUT2D eigenvalue weighted by Crippen LogP contribution is -2.36. The molecule has 8 heteroatoms. The van der Waals surface area contributed by atoms with Crippen molar-refractivity contribution in [2.24, 2.45) is 0 Å². The van der Waals surface area contributed by atoms with E-state index in [1.165, 1.54) is 0 Å². The summed E-state index contributed by atoms with van der Waals surface area (Å²) in [6.07, 6.45) is 1.81. The third kappa shape index (κ3) is 5.45. The third-order valence-corrected chi connectivity index (χ3v) is 7.83. The normalized spacial score (nSPS) is 13.7. The summed E-state index contributed by atoms with van der Waals surface area (Å²) in [5, 5.41) is 2.90. The summed E-state index contributed by atoms with van der Waals surface area (Å²) in [6.45, 7) is 7.27. The number of fused-ring (bicyclic) bond motifs is 3. The first-order valence-electron chi connectivity index (χ1n) is 14.3. The standard InChI is InChI=1S/C34H33N3O5/c1-3-41-33(38)32-28-18-24-12-13-25(37-14-16-40-17-15-37)19-27(24)31(28)29(20-35-32)26-10-7-11-30(22(26)2)36-34(39)42-21-23-8-5-4-6-9-23/h4-13,19-20H,3,14-18,21H2,1-2H3,(H,36,39). The molecule has 3 aromatic carbocycles. The van der Waals surface area contributed by atoms with Gasteiger partial charge in [0.2, 0.25) is 0 Å². The number of hydrogen-bond donors (Lipinski definition) is 1. The van der Waals surface area contributed by atoms with Gasteiger partial charge in [0.15, 0.2) is 5.69 Å². The number of morpholine rings is 1. The molecule has 1 N–H and O–H groups in total. The maximum absolute atomic E-state index is 13.0. The Bertz CT molecular complexity index is 1630. The van der Waals surface area contributed by atoms with Gasteiger partial charge in [-0.3, -0.25) is 5.32 Å². The Hall–Kier alpha value is -4.69. The van der Waals surface area contributed by atoms with Gasteiger partial charge < -0.3 is 19.1 Å². The van der Waals surface area contributed by atoms with Crippen molar-refractivity contribution in [2.75, 3.05) is 43.1 Å². The first kappa shape index (κ1) is 27.5. The van der Waals surface area contributed by atoms with Gasteiger partial charge in [0, 0.05) is 42.6 Å². The van der Waals surface area contributed by atoms with E-state index >= 15 is 0 Å². The summed E-state index contributed by atoms with van der Waals surface area (Å²) in [6, 6.07) is 21.8. The van der Waals surface area contributed by atoms with Crippen molar-refractivity contribution >= 4 is 23.4 Å². The van der Waals surface area contributed by atoms with Crippen LogP contribution in [0.5, 0.6) is 0 Å². The predicted octanol–water partition coefficient (Wildman–Crippen LogP) is 6.39. The summed E-state index contributed by atoms with van der Waals surface area (Å²) in [5.74, 6) is -0.421. The number of carbonyl (C=O) groups excluding carboxylic acids is 2. The fraction of sp³-hybridized carbons (Fsp3) is 0.265. The van der Waals surface area contributed by atoms with Gasteiger partial charge in [-0.2, -0.15) is 0 Å². The number of carbonyl (C=O) groups is 2. The van der Waals surface area contributed by atoms with Crippen molar-refractivity contribution in [3.8, 4) is 22.3 Å². The number of anilines is 2. The zero-order valence-electron chi connectivity index (χ0n) is 23.8. The van der Waals surface area contributed by atoms with Gasteiger partial charge in [0.25, 0.3) is 0 Å². The molecule has 4 aromatic rings. The highest BCUT2D eigenvalue weighted by molar-refractivity contribution is 6.00. The van der Waals surface area contributed by atoms with E-state index in [1.807, 2.05) is 55.5 Å². The van der Waals surface area contributed by atoms with E-state index in [0.717, 1.165) is 63.3 Å². The molecule has 214 valence electrons. The van der Waals surface area contributed by atoms with Gasteiger partial charge in [0.1, 0.15) is 6.61 Å². The molecular formula is C34H33N3O5. The highest BCUT2D eigenvalue weighted by Crippen LogP contribution is 2.46. The number of nitrogens with zero attached hydrogens (tertiary/aromatic N) is 2. The van der Waals surface area contributed by atoms with Crippen LogP contribution in [0.25, 0.3) is 22.3 Å². The predicted molar refractivity (Wildman–Crippen MR) is 162 cm³/mol. The van der Waals surface area contributed by atoms with Crippen molar-refractivity contribution in [3.63, 3.8) is 0 Å². The molecular weight excluding hydrogens is 530 g/mol. The summed E-state index contributed by atoms with van der Waals surface area (Å²) in [7, 11) is 0. The molecule has 0 saturated carbocycles. The second-order valence-electron chi connectivity index (χ2n) is 10.4. The first-order chi connectivity index (χ1) is 20.5. The van der Waals surface area contributed by atoms with E-state index in [4.69, 9.17) is 14.2 Å². The number of rotatable bonds is 7. The van der Waals surface area contributed by atoms with Crippen LogP contribution >= 0.6 is 0 Å². The Kier molecular flexibility index (Phi) is 7.88. The van der Waals surface area contributed by atoms with Crippen LogP contribution in [-0.2, 0) is 27.2 Å². The molecule has 0 unspecified atom stereocenters. The van der Waals surface area contributed by atoms with E-state index < -0.39 is 12.1 Å². The van der Waals surface area contributed by atoms with Gasteiger partial charge in [0.05, 0.1) is 19.8 Å². The van der Waals surface area contributed by atoms with Crippen molar-refractivity contribution in [2.45, 2.75) is 26.9 Å². The van der Waals surface area contributed by atoms with Crippen molar-refractivity contribution in [1.29, 1.82) is 0 Å². The number of hydrogen-bond acceptors (Lipinski definition) is 7. The molecule has 0 bridgehead atoms. The van der Waals surface area contributed by atoms with Gasteiger partial charge in [-0.25, -0.2) is 14.6 Å². The van der Waals surface area contributed by atoms with E-state index in [0.29, 0.717) is 31.0 Å². The van der Waals surface area contributed by atoms with Gasteiger partial charge in [-0.1, -0.05) is 48.5 Å². The number of esters is 1. The second-order valence-corrected chi connectivity index (χ2v) is 10.4. The van der Waals surface area contributed by atoms with Crippen molar-refractivity contribution in [1.82, 2.24) is 4.98 Å². The van der Waals surface area contributed by atoms with Crippen LogP contribution < -0.4 is 10.2 Å². The molecule has 8 nitrogen and oxygen atoms in total. The molecule has 0 atom stereocenters. The SMILES string of the molecule is CCOC(=O)c1ncc(-c2cccc(NC(=O)OCc3ccccc3)c2C)c2c1Cc1ccc(N3CCOCC3)cc1-2. The molecule has 1 aliphatic heterocycles. The molecule has 0 spiro atoms. The molecule has 6 rings (SSSR count). The number of nitrogens with one attached hydrogen (secondary N) is 1. The average molecular weight is 564 g/mol. The topological polar surface area (TPSA) is 90.0 Å². The molecule has 1 aromatic heterocycles. The Morgan fingerprint density at radius 2 is 1.76 bits per heavy atom.